The summed E-state index contributed by atoms with van der Waals surface area (Å²) in [7, 11) is -1.65. The second-order valence-electron chi connectivity index (χ2n) is 5.78. The Morgan fingerprint density at radius 1 is 1.27 bits per heavy atom. The van der Waals surface area contributed by atoms with Crippen LogP contribution in [0.15, 0.2) is 48.0 Å². The van der Waals surface area contributed by atoms with Crippen LogP contribution in [-0.4, -0.2) is 37.4 Å². The van der Waals surface area contributed by atoms with E-state index in [9.17, 15) is 8.42 Å². The molecule has 1 unspecified atom stereocenters. The van der Waals surface area contributed by atoms with Crippen LogP contribution in [-0.2, 0) is 10.0 Å². The molecule has 10 heteroatoms. The fraction of sp³-hybridized carbons (Fsp3) is 0.125. The summed E-state index contributed by atoms with van der Waals surface area (Å²) in [5, 5.41) is 13.5. The van der Waals surface area contributed by atoms with E-state index in [1.54, 1.807) is 24.3 Å². The fourth-order valence-electron chi connectivity index (χ4n) is 2.37. The highest BCUT2D eigenvalue weighted by Gasteiger charge is 2.30. The first-order valence-electron chi connectivity index (χ1n) is 7.36. The fourth-order valence-corrected chi connectivity index (χ4v) is 3.13. The van der Waals surface area contributed by atoms with Gasteiger partial charge in [-0.05, 0) is 12.1 Å². The smallest absolute Gasteiger partial charge is 0.258 e. The number of anilines is 1. The Morgan fingerprint density at radius 2 is 2.04 bits per heavy atom. The predicted octanol–water partition coefficient (Wildman–Crippen LogP) is 2.24. The quantitative estimate of drug-likeness (QED) is 0.637. The first kappa shape index (κ1) is 18.0. The number of rotatable bonds is 4. The Balaban J connectivity index is 1.96. The van der Waals surface area contributed by atoms with Crippen molar-refractivity contribution in [2.45, 2.75) is 0 Å². The van der Waals surface area contributed by atoms with Crippen LogP contribution in [0.4, 0.5) is 11.5 Å². The molecule has 26 heavy (non-hydrogen) atoms. The summed E-state index contributed by atoms with van der Waals surface area (Å²) < 4.78 is 25.3. The molecule has 3 rings (SSSR count). The summed E-state index contributed by atoms with van der Waals surface area (Å²) in [6.07, 6.45) is 7.64. The molecule has 1 N–H and O–H groups in total. The molecule has 0 spiro atoms. The van der Waals surface area contributed by atoms with Crippen LogP contribution in [0.25, 0.3) is 0 Å². The SMILES string of the molecule is C[N+]1(c2ccc(C#N)cn2)C=CC(c2cnc(Cl)c(NS(C)(=O)=O)c2)=N1. The minimum Gasteiger partial charge on any atom is -0.281 e. The molecular formula is C16H14ClN6O2S+. The molecule has 0 radical (unpaired) electrons. The molecule has 0 amide bonds. The van der Waals surface area contributed by atoms with Gasteiger partial charge in [0.15, 0.2) is 5.15 Å². The van der Waals surface area contributed by atoms with Crippen molar-refractivity contribution in [3.05, 3.63) is 59.1 Å². The van der Waals surface area contributed by atoms with Crippen molar-refractivity contribution >= 4 is 38.8 Å². The van der Waals surface area contributed by atoms with Crippen LogP contribution in [0.5, 0.6) is 0 Å². The van der Waals surface area contributed by atoms with Crippen LogP contribution in [0.3, 0.4) is 0 Å². The lowest BCUT2D eigenvalue weighted by Crippen LogP contribution is -2.31. The Kier molecular flexibility index (Phi) is 4.50. The zero-order valence-electron chi connectivity index (χ0n) is 13.9. The van der Waals surface area contributed by atoms with Gasteiger partial charge in [0.2, 0.25) is 10.0 Å². The first-order valence-corrected chi connectivity index (χ1v) is 9.63. The molecule has 0 saturated carbocycles. The Labute approximate surface area is 155 Å². The molecule has 1 atom stereocenters. The Bertz CT molecular complexity index is 1070. The van der Waals surface area contributed by atoms with Gasteiger partial charge in [-0.2, -0.15) is 5.26 Å². The normalized spacial score (nSPS) is 19.1. The minimum atomic E-state index is -3.49. The predicted molar refractivity (Wildman–Crippen MR) is 100 cm³/mol. The summed E-state index contributed by atoms with van der Waals surface area (Å²) in [5.41, 5.74) is 1.85. The molecule has 0 aromatic carbocycles. The van der Waals surface area contributed by atoms with Crippen molar-refractivity contribution in [3.63, 3.8) is 0 Å². The van der Waals surface area contributed by atoms with Gasteiger partial charge in [-0.3, -0.25) is 4.72 Å². The molecule has 1 aliphatic heterocycles. The third-order valence-electron chi connectivity index (χ3n) is 3.61. The second kappa shape index (κ2) is 6.49. The van der Waals surface area contributed by atoms with Gasteiger partial charge in [-0.25, -0.2) is 18.4 Å². The van der Waals surface area contributed by atoms with Gasteiger partial charge in [-0.15, -0.1) is 4.59 Å². The van der Waals surface area contributed by atoms with Gasteiger partial charge in [0.25, 0.3) is 5.82 Å². The number of nitriles is 1. The number of allylic oxidation sites excluding steroid dienone is 1. The molecular weight excluding hydrogens is 376 g/mol. The summed E-state index contributed by atoms with van der Waals surface area (Å²) in [6, 6.07) is 6.99. The van der Waals surface area contributed by atoms with Crippen molar-refractivity contribution in [2.75, 3.05) is 18.0 Å². The highest BCUT2D eigenvalue weighted by Crippen LogP contribution is 2.27. The summed E-state index contributed by atoms with van der Waals surface area (Å²) in [4.78, 5) is 8.29. The largest absolute Gasteiger partial charge is 0.281 e. The number of nitrogens with zero attached hydrogens (tertiary/aromatic N) is 5. The maximum absolute atomic E-state index is 11.4. The zero-order chi connectivity index (χ0) is 18.9. The van der Waals surface area contributed by atoms with E-state index < -0.39 is 10.0 Å². The van der Waals surface area contributed by atoms with Crippen molar-refractivity contribution in [3.8, 4) is 6.07 Å². The minimum absolute atomic E-state index is 0.0489. The van der Waals surface area contributed by atoms with Gasteiger partial charge in [-0.1, -0.05) is 16.7 Å². The van der Waals surface area contributed by atoms with Gasteiger partial charge in [0.1, 0.15) is 25.0 Å². The van der Waals surface area contributed by atoms with Gasteiger partial charge >= 0.3 is 0 Å². The van der Waals surface area contributed by atoms with Gasteiger partial charge < -0.3 is 0 Å². The third-order valence-corrected chi connectivity index (χ3v) is 4.50. The van der Waals surface area contributed by atoms with Crippen LogP contribution < -0.4 is 9.31 Å². The molecule has 0 fully saturated rings. The van der Waals surface area contributed by atoms with Crippen molar-refractivity contribution in [1.29, 1.82) is 5.26 Å². The summed E-state index contributed by atoms with van der Waals surface area (Å²) in [6.45, 7) is 0. The van der Waals surface area contributed by atoms with Crippen LogP contribution >= 0.6 is 11.6 Å². The average molecular weight is 390 g/mol. The van der Waals surface area contributed by atoms with E-state index in [1.807, 2.05) is 19.3 Å². The third kappa shape index (κ3) is 3.72. The number of sulfonamides is 1. The lowest BCUT2D eigenvalue weighted by Gasteiger charge is -2.18. The molecule has 2 aromatic heterocycles. The first-order chi connectivity index (χ1) is 12.2. The molecule has 3 heterocycles. The molecule has 0 aliphatic carbocycles. The number of halogens is 1. The van der Waals surface area contributed by atoms with Crippen LogP contribution in [0.1, 0.15) is 11.1 Å². The highest BCUT2D eigenvalue weighted by molar-refractivity contribution is 7.92. The van der Waals surface area contributed by atoms with E-state index in [0.29, 0.717) is 22.7 Å². The molecule has 8 nitrogen and oxygen atoms in total. The lowest BCUT2D eigenvalue weighted by molar-refractivity contribution is 0.470. The molecule has 1 aliphatic rings. The maximum atomic E-state index is 11.4. The van der Waals surface area contributed by atoms with E-state index in [1.165, 1.54) is 12.4 Å². The summed E-state index contributed by atoms with van der Waals surface area (Å²) in [5.74, 6) is 0.631. The van der Waals surface area contributed by atoms with E-state index >= 15 is 0 Å². The molecule has 132 valence electrons. The van der Waals surface area contributed by atoms with Gasteiger partial charge in [0, 0.05) is 23.9 Å². The number of pyridine rings is 2. The average Bonchev–Trinajstić information content (AvgIpc) is 2.99. The number of aromatic nitrogens is 2. The Hall–Kier alpha value is -2.80. The zero-order valence-corrected chi connectivity index (χ0v) is 15.5. The number of quaternary nitrogens is 1. The topological polar surface area (TPSA) is 108 Å². The van der Waals surface area contributed by atoms with E-state index in [0.717, 1.165) is 6.26 Å². The standard InChI is InChI=1S/C16H14ClN6O2S/c1-23(15-4-3-11(8-18)9-19-15)6-5-13(21-23)12-7-14(16(17)20-10-12)22-26(2,24)25/h3-7,9-10,22H,1-2H3/q+1. The molecule has 0 bridgehead atoms. The maximum Gasteiger partial charge on any atom is 0.258 e. The van der Waals surface area contributed by atoms with E-state index in [2.05, 4.69) is 19.8 Å². The molecule has 0 saturated heterocycles. The van der Waals surface area contributed by atoms with Crippen molar-refractivity contribution < 1.29 is 8.42 Å². The second-order valence-corrected chi connectivity index (χ2v) is 7.89. The van der Waals surface area contributed by atoms with E-state index in [4.69, 9.17) is 16.9 Å². The number of nitrogens with one attached hydrogen (secondary N) is 1. The van der Waals surface area contributed by atoms with Crippen molar-refractivity contribution in [2.24, 2.45) is 5.10 Å². The monoisotopic (exact) mass is 389 g/mol. The summed E-state index contributed by atoms with van der Waals surface area (Å²) >= 11 is 5.95. The van der Waals surface area contributed by atoms with Gasteiger partial charge in [0.05, 0.1) is 23.7 Å². The van der Waals surface area contributed by atoms with Crippen molar-refractivity contribution in [1.82, 2.24) is 14.6 Å². The number of hydrogen-bond acceptors (Lipinski definition) is 6. The Morgan fingerprint density at radius 3 is 2.65 bits per heavy atom. The van der Waals surface area contributed by atoms with E-state index in [-0.39, 0.29) is 15.4 Å². The molecule has 2 aromatic rings. The van der Waals surface area contributed by atoms with Crippen LogP contribution in [0.2, 0.25) is 5.15 Å². The van der Waals surface area contributed by atoms with Crippen LogP contribution in [0, 0.1) is 11.3 Å². The number of hydrogen-bond donors (Lipinski definition) is 1. The lowest BCUT2D eigenvalue weighted by atomic mass is 10.2. The highest BCUT2D eigenvalue weighted by atomic mass is 35.5.